The average molecular weight is 444 g/mol. The van der Waals surface area contributed by atoms with E-state index >= 15 is 0 Å². The van der Waals surface area contributed by atoms with Crippen LogP contribution in [0.2, 0.25) is 0 Å². The number of piperidine rings is 1. The summed E-state index contributed by atoms with van der Waals surface area (Å²) in [6.07, 6.45) is 2.10. The molecule has 2 atom stereocenters. The molecular weight excluding hydrogens is 418 g/mol. The van der Waals surface area contributed by atoms with E-state index in [1.165, 1.54) is 6.08 Å². The van der Waals surface area contributed by atoms with Crippen molar-refractivity contribution in [2.24, 2.45) is 11.7 Å². The summed E-state index contributed by atoms with van der Waals surface area (Å²) >= 11 is 0. The molecule has 0 spiro atoms. The topological polar surface area (TPSA) is 102 Å². The third kappa shape index (κ3) is 3.84. The van der Waals surface area contributed by atoms with E-state index in [-0.39, 0.29) is 17.9 Å². The summed E-state index contributed by atoms with van der Waals surface area (Å²) in [5, 5.41) is 8.15. The number of nitrogens with two attached hydrogens (primary N) is 1. The largest absolute Gasteiger partial charge is 0.457 e. The van der Waals surface area contributed by atoms with Gasteiger partial charge in [0.25, 0.3) is 5.91 Å². The van der Waals surface area contributed by atoms with Gasteiger partial charge in [-0.2, -0.15) is 5.10 Å². The molecule has 3 aromatic rings. The number of para-hydroxylation sites is 1. The molecule has 33 heavy (non-hydrogen) atoms. The molecule has 168 valence electrons. The van der Waals surface area contributed by atoms with Gasteiger partial charge in [0.05, 0.1) is 6.04 Å². The van der Waals surface area contributed by atoms with Gasteiger partial charge >= 0.3 is 0 Å². The monoisotopic (exact) mass is 443 g/mol. The average Bonchev–Trinajstić information content (AvgIpc) is 3.24. The van der Waals surface area contributed by atoms with Gasteiger partial charge < -0.3 is 20.7 Å². The van der Waals surface area contributed by atoms with Crippen LogP contribution in [0.25, 0.3) is 11.3 Å². The number of primary amides is 1. The fourth-order valence-electron chi connectivity index (χ4n) is 4.68. The highest BCUT2D eigenvalue weighted by Crippen LogP contribution is 2.40. The number of benzene rings is 2. The maximum atomic E-state index is 12.4. The zero-order valence-electron chi connectivity index (χ0n) is 18.1. The Hall–Kier alpha value is -4.07. The molecule has 8 heteroatoms. The first-order valence-electron chi connectivity index (χ1n) is 11.0. The van der Waals surface area contributed by atoms with Gasteiger partial charge in [-0.1, -0.05) is 24.8 Å². The molecule has 2 amide bonds. The van der Waals surface area contributed by atoms with Gasteiger partial charge in [-0.15, -0.1) is 0 Å². The molecule has 5 rings (SSSR count). The summed E-state index contributed by atoms with van der Waals surface area (Å²) in [5.74, 6) is 1.68. The van der Waals surface area contributed by atoms with E-state index < -0.39 is 5.91 Å². The second-order valence-corrected chi connectivity index (χ2v) is 8.31. The van der Waals surface area contributed by atoms with E-state index in [9.17, 15) is 9.59 Å². The molecule has 2 aliphatic heterocycles. The van der Waals surface area contributed by atoms with Crippen molar-refractivity contribution >= 4 is 17.6 Å². The standard InChI is InChI=1S/C25H25N5O3/c1-2-21(31)29-13-12-20-17(15-29)14-27-25-22(24(26)32)23(28-30(20)25)16-8-10-19(11-9-16)33-18-6-4-3-5-7-18/h2-11,17,20,27H,1,12-15H2,(H2,26,32)/t17-,20+/m0/s1. The number of hydrogen-bond acceptors (Lipinski definition) is 5. The Morgan fingerprint density at radius 1 is 1.12 bits per heavy atom. The summed E-state index contributed by atoms with van der Waals surface area (Å²) in [7, 11) is 0. The summed E-state index contributed by atoms with van der Waals surface area (Å²) in [6, 6.07) is 17.1. The number of hydrogen-bond donors (Lipinski definition) is 2. The van der Waals surface area contributed by atoms with Crippen molar-refractivity contribution in [1.29, 1.82) is 0 Å². The fourth-order valence-corrected chi connectivity index (χ4v) is 4.68. The van der Waals surface area contributed by atoms with Crippen molar-refractivity contribution in [3.8, 4) is 22.8 Å². The first-order chi connectivity index (χ1) is 16.0. The number of carbonyl (C=O) groups excluding carboxylic acids is 2. The molecule has 0 bridgehead atoms. The second-order valence-electron chi connectivity index (χ2n) is 8.31. The molecule has 1 saturated heterocycles. The number of likely N-dealkylation sites (tertiary alicyclic amines) is 1. The highest BCUT2D eigenvalue weighted by atomic mass is 16.5. The molecule has 0 unspecified atom stereocenters. The summed E-state index contributed by atoms with van der Waals surface area (Å²) in [6.45, 7) is 5.47. The van der Waals surface area contributed by atoms with Crippen LogP contribution in [0.15, 0.2) is 67.3 Å². The van der Waals surface area contributed by atoms with Crippen LogP contribution < -0.4 is 15.8 Å². The van der Waals surface area contributed by atoms with Crippen LogP contribution in [0.3, 0.4) is 0 Å². The normalized spacial score (nSPS) is 19.1. The minimum atomic E-state index is -0.527. The molecular formula is C25H25N5O3. The Balaban J connectivity index is 1.44. The van der Waals surface area contributed by atoms with Gasteiger partial charge in [-0.05, 0) is 48.9 Å². The Kier molecular flexibility index (Phi) is 5.34. The van der Waals surface area contributed by atoms with Gasteiger partial charge in [0.2, 0.25) is 5.91 Å². The second kappa shape index (κ2) is 8.46. The van der Waals surface area contributed by atoms with Gasteiger partial charge in [0.15, 0.2) is 0 Å². The quantitative estimate of drug-likeness (QED) is 0.588. The van der Waals surface area contributed by atoms with E-state index in [0.29, 0.717) is 42.5 Å². The minimum absolute atomic E-state index is 0.0592. The lowest BCUT2D eigenvalue weighted by Crippen LogP contribution is -2.48. The van der Waals surface area contributed by atoms with Crippen LogP contribution in [0.1, 0.15) is 22.8 Å². The highest BCUT2D eigenvalue weighted by Gasteiger charge is 2.39. The van der Waals surface area contributed by atoms with E-state index in [1.54, 1.807) is 0 Å². The Bertz CT molecular complexity index is 1200. The van der Waals surface area contributed by atoms with Crippen LogP contribution in [0, 0.1) is 5.92 Å². The van der Waals surface area contributed by atoms with Crippen LogP contribution in [-0.4, -0.2) is 46.1 Å². The van der Waals surface area contributed by atoms with Crippen molar-refractivity contribution < 1.29 is 14.3 Å². The molecule has 2 aromatic carbocycles. The Morgan fingerprint density at radius 3 is 2.55 bits per heavy atom. The van der Waals surface area contributed by atoms with Crippen LogP contribution in [-0.2, 0) is 4.79 Å². The van der Waals surface area contributed by atoms with Gasteiger partial charge in [-0.25, -0.2) is 4.68 Å². The predicted molar refractivity (Wildman–Crippen MR) is 125 cm³/mol. The fraction of sp³-hybridized carbons (Fsp3) is 0.240. The summed E-state index contributed by atoms with van der Waals surface area (Å²) < 4.78 is 7.75. The lowest BCUT2D eigenvalue weighted by Gasteiger charge is -2.41. The number of aromatic nitrogens is 2. The van der Waals surface area contributed by atoms with E-state index in [1.807, 2.05) is 64.2 Å². The highest BCUT2D eigenvalue weighted by molar-refractivity contribution is 6.04. The SMILES string of the molecule is C=CC(=O)N1CC[C@@H]2[C@@H](CNc3c(C(N)=O)c(-c4ccc(Oc5ccccc5)cc4)nn32)C1. The number of nitrogens with zero attached hydrogens (tertiary/aromatic N) is 3. The first-order valence-corrected chi connectivity index (χ1v) is 11.0. The third-order valence-corrected chi connectivity index (χ3v) is 6.29. The maximum Gasteiger partial charge on any atom is 0.254 e. The van der Waals surface area contributed by atoms with Crippen LogP contribution in [0.4, 0.5) is 5.82 Å². The van der Waals surface area contributed by atoms with Crippen LogP contribution in [0.5, 0.6) is 11.5 Å². The van der Waals surface area contributed by atoms with Crippen molar-refractivity contribution in [3.63, 3.8) is 0 Å². The lowest BCUT2D eigenvalue weighted by atomic mass is 9.90. The lowest BCUT2D eigenvalue weighted by molar-refractivity contribution is -0.128. The maximum absolute atomic E-state index is 12.4. The summed E-state index contributed by atoms with van der Waals surface area (Å²) in [4.78, 5) is 26.3. The Morgan fingerprint density at radius 2 is 1.85 bits per heavy atom. The number of anilines is 1. The van der Waals surface area contributed by atoms with E-state index in [2.05, 4.69) is 11.9 Å². The molecule has 0 radical (unpaired) electrons. The van der Waals surface area contributed by atoms with E-state index in [0.717, 1.165) is 17.7 Å². The van der Waals surface area contributed by atoms with Crippen molar-refractivity contribution in [2.75, 3.05) is 25.0 Å². The smallest absolute Gasteiger partial charge is 0.254 e. The number of carbonyl (C=O) groups is 2. The first kappa shape index (κ1) is 20.8. The number of amides is 2. The molecule has 8 nitrogen and oxygen atoms in total. The van der Waals surface area contributed by atoms with Crippen molar-refractivity contribution in [1.82, 2.24) is 14.7 Å². The van der Waals surface area contributed by atoms with Gasteiger partial charge in [-0.3, -0.25) is 9.59 Å². The summed E-state index contributed by atoms with van der Waals surface area (Å²) in [5.41, 5.74) is 7.49. The number of ether oxygens (including phenoxy) is 1. The molecule has 3 heterocycles. The van der Waals surface area contributed by atoms with Gasteiger partial charge in [0, 0.05) is 31.1 Å². The zero-order chi connectivity index (χ0) is 22.9. The Labute approximate surface area is 191 Å². The van der Waals surface area contributed by atoms with E-state index in [4.69, 9.17) is 15.6 Å². The molecule has 2 aliphatic rings. The number of rotatable bonds is 5. The molecule has 3 N–H and O–H groups in total. The predicted octanol–water partition coefficient (Wildman–Crippen LogP) is 3.44. The molecule has 1 aromatic heterocycles. The van der Waals surface area contributed by atoms with Crippen LogP contribution >= 0.6 is 0 Å². The number of nitrogens with one attached hydrogen (secondary N) is 1. The zero-order valence-corrected chi connectivity index (χ0v) is 18.1. The number of fused-ring (bicyclic) bond motifs is 3. The third-order valence-electron chi connectivity index (χ3n) is 6.29. The van der Waals surface area contributed by atoms with Crippen molar-refractivity contribution in [2.45, 2.75) is 12.5 Å². The molecule has 1 fully saturated rings. The van der Waals surface area contributed by atoms with Crippen molar-refractivity contribution in [3.05, 3.63) is 72.8 Å². The molecule has 0 saturated carbocycles. The van der Waals surface area contributed by atoms with Gasteiger partial charge in [0.1, 0.15) is 28.6 Å². The minimum Gasteiger partial charge on any atom is -0.457 e. The molecule has 0 aliphatic carbocycles.